The summed E-state index contributed by atoms with van der Waals surface area (Å²) >= 11 is 7.23. The summed E-state index contributed by atoms with van der Waals surface area (Å²) in [5.74, 6) is 1.16. The van der Waals surface area contributed by atoms with Gasteiger partial charge in [0.1, 0.15) is 0 Å². The molecular formula is C12H13ClN2O3S. The van der Waals surface area contributed by atoms with Crippen molar-refractivity contribution in [1.82, 2.24) is 10.2 Å². The van der Waals surface area contributed by atoms with Gasteiger partial charge in [0, 0.05) is 16.3 Å². The third kappa shape index (κ3) is 4.50. The number of halogens is 1. The molecule has 1 aromatic carbocycles. The lowest BCUT2D eigenvalue weighted by atomic mass is 10.2. The summed E-state index contributed by atoms with van der Waals surface area (Å²) in [4.78, 5) is 0. The molecule has 1 heterocycles. The van der Waals surface area contributed by atoms with E-state index in [0.717, 1.165) is 5.56 Å². The Morgan fingerprint density at radius 3 is 2.74 bits per heavy atom. The van der Waals surface area contributed by atoms with Gasteiger partial charge in [-0.25, -0.2) is 0 Å². The number of aromatic nitrogens is 2. The van der Waals surface area contributed by atoms with E-state index < -0.39 is 0 Å². The molecule has 102 valence electrons. The van der Waals surface area contributed by atoms with Gasteiger partial charge in [-0.05, 0) is 24.3 Å². The lowest BCUT2D eigenvalue weighted by Gasteiger charge is -1.98. The monoisotopic (exact) mass is 300 g/mol. The van der Waals surface area contributed by atoms with Crippen LogP contribution in [-0.4, -0.2) is 40.9 Å². The van der Waals surface area contributed by atoms with Gasteiger partial charge in [-0.1, -0.05) is 23.4 Å². The van der Waals surface area contributed by atoms with Crippen LogP contribution in [0, 0.1) is 0 Å². The van der Waals surface area contributed by atoms with Crippen LogP contribution in [0.1, 0.15) is 0 Å². The Balaban J connectivity index is 1.86. The molecule has 0 saturated heterocycles. The van der Waals surface area contributed by atoms with Gasteiger partial charge in [-0.2, -0.15) is 0 Å². The van der Waals surface area contributed by atoms with E-state index in [2.05, 4.69) is 10.2 Å². The van der Waals surface area contributed by atoms with Crippen LogP contribution in [0.4, 0.5) is 0 Å². The Morgan fingerprint density at radius 1 is 1.21 bits per heavy atom. The molecule has 2 aromatic rings. The fourth-order valence-corrected chi connectivity index (χ4v) is 2.07. The van der Waals surface area contributed by atoms with Crippen molar-refractivity contribution in [2.24, 2.45) is 0 Å². The third-order valence-corrected chi connectivity index (χ3v) is 3.22. The lowest BCUT2D eigenvalue weighted by Crippen LogP contribution is -2.02. The molecule has 0 saturated carbocycles. The van der Waals surface area contributed by atoms with Crippen molar-refractivity contribution in [3.05, 3.63) is 29.3 Å². The Kier molecular flexibility index (Phi) is 5.65. The van der Waals surface area contributed by atoms with Crippen LogP contribution in [0.3, 0.4) is 0 Å². The lowest BCUT2D eigenvalue weighted by molar-refractivity contribution is 0.103. The van der Waals surface area contributed by atoms with Gasteiger partial charge in [-0.15, -0.1) is 10.2 Å². The molecule has 0 spiro atoms. The van der Waals surface area contributed by atoms with E-state index in [4.69, 9.17) is 25.9 Å². The normalized spacial score (nSPS) is 10.8. The van der Waals surface area contributed by atoms with Gasteiger partial charge in [0.05, 0.1) is 19.8 Å². The van der Waals surface area contributed by atoms with Gasteiger partial charge < -0.3 is 14.3 Å². The van der Waals surface area contributed by atoms with Gasteiger partial charge in [0.25, 0.3) is 5.22 Å². The minimum absolute atomic E-state index is 0.0337. The molecule has 5 nitrogen and oxygen atoms in total. The molecule has 19 heavy (non-hydrogen) atoms. The smallest absolute Gasteiger partial charge is 0.276 e. The minimum atomic E-state index is 0.0337. The molecule has 0 radical (unpaired) electrons. The summed E-state index contributed by atoms with van der Waals surface area (Å²) in [6.07, 6.45) is 0. The van der Waals surface area contributed by atoms with E-state index in [1.54, 1.807) is 12.1 Å². The second-order valence-corrected chi connectivity index (χ2v) is 5.05. The van der Waals surface area contributed by atoms with Gasteiger partial charge >= 0.3 is 0 Å². The summed E-state index contributed by atoms with van der Waals surface area (Å²) in [6.45, 7) is 0.913. The van der Waals surface area contributed by atoms with Crippen LogP contribution in [0.25, 0.3) is 11.5 Å². The van der Waals surface area contributed by atoms with E-state index in [0.29, 0.717) is 35.1 Å². The highest BCUT2D eigenvalue weighted by molar-refractivity contribution is 7.99. The average Bonchev–Trinajstić information content (AvgIpc) is 2.88. The second kappa shape index (κ2) is 7.49. The maximum atomic E-state index is 8.55. The van der Waals surface area contributed by atoms with Crippen molar-refractivity contribution >= 4 is 23.4 Å². The summed E-state index contributed by atoms with van der Waals surface area (Å²) in [5, 5.41) is 17.6. The Hall–Kier alpha value is -1.08. The summed E-state index contributed by atoms with van der Waals surface area (Å²) in [6, 6.07) is 7.20. The largest absolute Gasteiger partial charge is 0.411 e. The number of ether oxygens (including phenoxy) is 1. The maximum Gasteiger partial charge on any atom is 0.276 e. The summed E-state index contributed by atoms with van der Waals surface area (Å²) in [7, 11) is 0. The number of rotatable bonds is 7. The zero-order valence-corrected chi connectivity index (χ0v) is 11.7. The van der Waals surface area contributed by atoms with Crippen LogP contribution >= 0.6 is 23.4 Å². The van der Waals surface area contributed by atoms with Crippen LogP contribution < -0.4 is 0 Å². The summed E-state index contributed by atoms with van der Waals surface area (Å²) < 4.78 is 10.6. The van der Waals surface area contributed by atoms with E-state index in [-0.39, 0.29) is 6.61 Å². The van der Waals surface area contributed by atoms with Gasteiger partial charge in [-0.3, -0.25) is 0 Å². The molecule has 0 atom stereocenters. The quantitative estimate of drug-likeness (QED) is 0.626. The number of thioether (sulfide) groups is 1. The van der Waals surface area contributed by atoms with Gasteiger partial charge in [0.2, 0.25) is 5.89 Å². The second-order valence-electron chi connectivity index (χ2n) is 3.56. The highest BCUT2D eigenvalue weighted by Crippen LogP contribution is 2.24. The van der Waals surface area contributed by atoms with Gasteiger partial charge in [0.15, 0.2) is 0 Å². The standard InChI is InChI=1S/C12H13ClN2O3S/c13-10-3-1-9(2-4-10)11-14-15-12(18-11)19-8-7-17-6-5-16/h1-4,16H,5-8H2. The molecule has 0 amide bonds. The molecule has 0 aliphatic carbocycles. The Bertz CT molecular complexity index is 504. The first-order chi connectivity index (χ1) is 9.29. The van der Waals surface area contributed by atoms with E-state index in [1.165, 1.54) is 11.8 Å². The molecule has 0 aliphatic rings. The number of nitrogens with zero attached hydrogens (tertiary/aromatic N) is 2. The van der Waals surface area contributed by atoms with Crippen molar-refractivity contribution in [2.45, 2.75) is 5.22 Å². The Labute approximate surface area is 119 Å². The Morgan fingerprint density at radius 2 is 2.00 bits per heavy atom. The third-order valence-electron chi connectivity index (χ3n) is 2.19. The topological polar surface area (TPSA) is 68.4 Å². The van der Waals surface area contributed by atoms with Crippen LogP contribution in [0.2, 0.25) is 5.02 Å². The molecule has 0 bridgehead atoms. The number of aliphatic hydroxyl groups is 1. The highest BCUT2D eigenvalue weighted by atomic mass is 35.5. The molecule has 0 unspecified atom stereocenters. The zero-order chi connectivity index (χ0) is 13.5. The molecule has 1 aromatic heterocycles. The van der Waals surface area contributed by atoms with E-state index >= 15 is 0 Å². The fraction of sp³-hybridized carbons (Fsp3) is 0.333. The predicted octanol–water partition coefficient (Wildman–Crippen LogP) is 2.49. The zero-order valence-electron chi connectivity index (χ0n) is 10.1. The minimum Gasteiger partial charge on any atom is -0.411 e. The maximum absolute atomic E-state index is 8.55. The molecule has 7 heteroatoms. The van der Waals surface area contributed by atoms with E-state index in [1.807, 2.05) is 12.1 Å². The van der Waals surface area contributed by atoms with Crippen molar-refractivity contribution < 1.29 is 14.3 Å². The molecule has 2 rings (SSSR count). The predicted molar refractivity (Wildman–Crippen MR) is 73.4 cm³/mol. The fourth-order valence-electron chi connectivity index (χ4n) is 1.33. The molecule has 0 aliphatic heterocycles. The number of hydrogen-bond donors (Lipinski definition) is 1. The van der Waals surface area contributed by atoms with Crippen molar-refractivity contribution in [3.8, 4) is 11.5 Å². The first-order valence-electron chi connectivity index (χ1n) is 5.70. The van der Waals surface area contributed by atoms with E-state index in [9.17, 15) is 0 Å². The van der Waals surface area contributed by atoms with Crippen LogP contribution in [0.15, 0.2) is 33.9 Å². The van der Waals surface area contributed by atoms with Crippen molar-refractivity contribution in [3.63, 3.8) is 0 Å². The van der Waals surface area contributed by atoms with Crippen LogP contribution in [-0.2, 0) is 4.74 Å². The van der Waals surface area contributed by atoms with Crippen LogP contribution in [0.5, 0.6) is 0 Å². The first-order valence-corrected chi connectivity index (χ1v) is 7.07. The number of hydrogen-bond acceptors (Lipinski definition) is 6. The SMILES string of the molecule is OCCOCCSc1nnc(-c2ccc(Cl)cc2)o1. The number of aliphatic hydroxyl groups excluding tert-OH is 1. The van der Waals surface area contributed by atoms with Crippen molar-refractivity contribution in [1.29, 1.82) is 0 Å². The average molecular weight is 301 g/mol. The first kappa shape index (κ1) is 14.3. The molecular weight excluding hydrogens is 288 g/mol. The molecule has 0 fully saturated rings. The van der Waals surface area contributed by atoms with Crippen molar-refractivity contribution in [2.75, 3.05) is 25.6 Å². The number of benzene rings is 1. The highest BCUT2D eigenvalue weighted by Gasteiger charge is 2.08. The summed E-state index contributed by atoms with van der Waals surface area (Å²) in [5.41, 5.74) is 0.834. The molecule has 1 N–H and O–H groups in total.